The van der Waals surface area contributed by atoms with Gasteiger partial charge in [0.15, 0.2) is 5.25 Å². The summed E-state index contributed by atoms with van der Waals surface area (Å²) in [4.78, 5) is 11.2. The molecule has 0 aliphatic heterocycles. The maximum atomic E-state index is 11.9. The molecule has 0 spiro atoms. The van der Waals surface area contributed by atoms with Crippen molar-refractivity contribution in [1.29, 1.82) is 5.26 Å². The molecule has 1 aromatic rings. The van der Waals surface area contributed by atoms with E-state index in [2.05, 4.69) is 9.46 Å². The highest BCUT2D eigenvalue weighted by Gasteiger charge is 2.31. The van der Waals surface area contributed by atoms with Gasteiger partial charge in [0.25, 0.3) is 0 Å². The zero-order valence-electron chi connectivity index (χ0n) is 10.5. The molecule has 0 aliphatic rings. The number of nitrogens with one attached hydrogen (secondary N) is 1. The van der Waals surface area contributed by atoms with Gasteiger partial charge in [0.2, 0.25) is 10.0 Å². The highest BCUT2D eigenvalue weighted by molar-refractivity contribution is 7.90. The molecule has 0 amide bonds. The summed E-state index contributed by atoms with van der Waals surface area (Å²) in [5.74, 6) is -0.878. The van der Waals surface area contributed by atoms with E-state index in [9.17, 15) is 13.2 Å². The first-order chi connectivity index (χ1) is 8.92. The molecular weight excluding hydrogens is 268 g/mol. The summed E-state index contributed by atoms with van der Waals surface area (Å²) in [6, 6.07) is 9.19. The van der Waals surface area contributed by atoms with E-state index < -0.39 is 27.3 Å². The first-order valence-electron chi connectivity index (χ1n) is 5.46. The maximum absolute atomic E-state index is 11.9. The summed E-state index contributed by atoms with van der Waals surface area (Å²) in [6.45, 7) is 1.20. The summed E-state index contributed by atoms with van der Waals surface area (Å²) >= 11 is 0. The highest BCUT2D eigenvalue weighted by atomic mass is 32.2. The number of ether oxygens (including phenoxy) is 1. The fourth-order valence-electron chi connectivity index (χ4n) is 1.37. The molecule has 0 saturated carbocycles. The Morgan fingerprint density at radius 3 is 2.42 bits per heavy atom. The van der Waals surface area contributed by atoms with Gasteiger partial charge in [0, 0.05) is 0 Å². The molecular formula is C12H14N2O4S. The van der Waals surface area contributed by atoms with E-state index in [1.54, 1.807) is 30.3 Å². The number of sulfonamides is 1. The summed E-state index contributed by atoms with van der Waals surface area (Å²) in [6.07, 6.45) is 0. The van der Waals surface area contributed by atoms with E-state index in [0.717, 1.165) is 7.11 Å². The van der Waals surface area contributed by atoms with Crippen molar-refractivity contribution in [1.82, 2.24) is 4.72 Å². The zero-order chi connectivity index (χ0) is 14.5. The van der Waals surface area contributed by atoms with Crippen LogP contribution in [-0.2, 0) is 19.6 Å². The topological polar surface area (TPSA) is 96.3 Å². The lowest BCUT2D eigenvalue weighted by Gasteiger charge is -2.15. The number of rotatable bonds is 5. The number of esters is 1. The average Bonchev–Trinajstić information content (AvgIpc) is 2.44. The standard InChI is InChI=1S/C12H14N2O4S/c1-9(12(15)18-2)19(16,17)14-11(8-13)10-6-4-3-5-7-10/h3-7,9,11,14H,1-2H3. The Morgan fingerprint density at radius 1 is 1.37 bits per heavy atom. The van der Waals surface area contributed by atoms with Gasteiger partial charge in [-0.15, -0.1) is 0 Å². The lowest BCUT2D eigenvalue weighted by atomic mass is 10.1. The maximum Gasteiger partial charge on any atom is 0.325 e. The fraction of sp³-hybridized carbons (Fsp3) is 0.333. The number of nitriles is 1. The molecule has 1 rings (SSSR count). The van der Waals surface area contributed by atoms with Gasteiger partial charge in [-0.05, 0) is 12.5 Å². The molecule has 102 valence electrons. The van der Waals surface area contributed by atoms with Crippen LogP contribution >= 0.6 is 0 Å². The summed E-state index contributed by atoms with van der Waals surface area (Å²) in [5, 5.41) is 7.65. The second-order valence-corrected chi connectivity index (χ2v) is 5.83. The molecule has 1 N–H and O–H groups in total. The van der Waals surface area contributed by atoms with Crippen molar-refractivity contribution in [2.45, 2.75) is 18.2 Å². The van der Waals surface area contributed by atoms with Crippen LogP contribution in [0.1, 0.15) is 18.5 Å². The van der Waals surface area contributed by atoms with Crippen molar-refractivity contribution < 1.29 is 17.9 Å². The van der Waals surface area contributed by atoms with Crippen LogP contribution in [0.25, 0.3) is 0 Å². The summed E-state index contributed by atoms with van der Waals surface area (Å²) in [7, 11) is -2.87. The molecule has 0 fully saturated rings. The molecule has 1 aromatic carbocycles. The molecule has 2 unspecified atom stereocenters. The number of hydrogen-bond acceptors (Lipinski definition) is 5. The van der Waals surface area contributed by atoms with Gasteiger partial charge in [0.05, 0.1) is 13.2 Å². The third kappa shape index (κ3) is 3.77. The van der Waals surface area contributed by atoms with E-state index in [4.69, 9.17) is 5.26 Å². The lowest BCUT2D eigenvalue weighted by Crippen LogP contribution is -2.39. The SMILES string of the molecule is COC(=O)C(C)S(=O)(=O)NC(C#N)c1ccccc1. The highest BCUT2D eigenvalue weighted by Crippen LogP contribution is 2.14. The molecule has 0 bridgehead atoms. The number of nitrogens with zero attached hydrogens (tertiary/aromatic N) is 1. The number of methoxy groups -OCH3 is 1. The molecule has 0 aromatic heterocycles. The number of carbonyl (C=O) groups is 1. The first-order valence-corrected chi connectivity index (χ1v) is 7.00. The Labute approximate surface area is 112 Å². The number of carbonyl (C=O) groups excluding carboxylic acids is 1. The van der Waals surface area contributed by atoms with Gasteiger partial charge in [-0.1, -0.05) is 30.3 Å². The van der Waals surface area contributed by atoms with Crippen LogP contribution in [0.5, 0.6) is 0 Å². The molecule has 0 radical (unpaired) electrons. The predicted molar refractivity (Wildman–Crippen MR) is 68.3 cm³/mol. The van der Waals surface area contributed by atoms with Gasteiger partial charge >= 0.3 is 5.97 Å². The van der Waals surface area contributed by atoms with Gasteiger partial charge in [-0.2, -0.15) is 9.98 Å². The van der Waals surface area contributed by atoms with Crippen LogP contribution in [0.3, 0.4) is 0 Å². The quantitative estimate of drug-likeness (QED) is 0.803. The molecule has 0 saturated heterocycles. The minimum atomic E-state index is -3.98. The van der Waals surface area contributed by atoms with Crippen LogP contribution in [0.4, 0.5) is 0 Å². The first kappa shape index (κ1) is 15.1. The van der Waals surface area contributed by atoms with Crippen molar-refractivity contribution in [2.75, 3.05) is 7.11 Å². The predicted octanol–water partition coefficient (Wildman–Crippen LogP) is 0.732. The number of hydrogen-bond donors (Lipinski definition) is 1. The van der Waals surface area contributed by atoms with E-state index in [-0.39, 0.29) is 0 Å². The van der Waals surface area contributed by atoms with E-state index in [1.165, 1.54) is 6.92 Å². The van der Waals surface area contributed by atoms with E-state index in [1.807, 2.05) is 6.07 Å². The molecule has 6 nitrogen and oxygen atoms in total. The van der Waals surface area contributed by atoms with Crippen molar-refractivity contribution >= 4 is 16.0 Å². The van der Waals surface area contributed by atoms with Crippen LogP contribution in [-0.4, -0.2) is 26.7 Å². The molecule has 2 atom stereocenters. The monoisotopic (exact) mass is 282 g/mol. The van der Waals surface area contributed by atoms with Crippen LogP contribution < -0.4 is 4.72 Å². The Bertz CT molecular complexity index is 577. The van der Waals surface area contributed by atoms with Crippen molar-refractivity contribution in [3.05, 3.63) is 35.9 Å². The largest absolute Gasteiger partial charge is 0.468 e. The van der Waals surface area contributed by atoms with Crippen LogP contribution in [0, 0.1) is 11.3 Å². The Balaban J connectivity index is 2.94. The van der Waals surface area contributed by atoms with E-state index >= 15 is 0 Å². The third-order valence-electron chi connectivity index (χ3n) is 2.54. The Morgan fingerprint density at radius 2 is 1.95 bits per heavy atom. The van der Waals surface area contributed by atoms with Gasteiger partial charge < -0.3 is 4.74 Å². The minimum absolute atomic E-state index is 0.505. The van der Waals surface area contributed by atoms with Gasteiger partial charge in [-0.3, -0.25) is 4.79 Å². The average molecular weight is 282 g/mol. The zero-order valence-corrected chi connectivity index (χ0v) is 11.3. The minimum Gasteiger partial charge on any atom is -0.468 e. The Kier molecular flexibility index (Phi) is 5.03. The third-order valence-corrected chi connectivity index (χ3v) is 4.23. The number of benzene rings is 1. The van der Waals surface area contributed by atoms with Crippen LogP contribution in [0.2, 0.25) is 0 Å². The molecule has 7 heteroatoms. The normalized spacial score (nSPS) is 14.2. The van der Waals surface area contributed by atoms with Crippen molar-refractivity contribution in [3.8, 4) is 6.07 Å². The van der Waals surface area contributed by atoms with Gasteiger partial charge in [-0.25, -0.2) is 8.42 Å². The summed E-state index contributed by atoms with van der Waals surface area (Å²) < 4.78 is 30.4. The smallest absolute Gasteiger partial charge is 0.325 e. The molecule has 0 aliphatic carbocycles. The lowest BCUT2D eigenvalue weighted by molar-refractivity contribution is -0.139. The second-order valence-electron chi connectivity index (χ2n) is 3.80. The molecule has 19 heavy (non-hydrogen) atoms. The molecule has 0 heterocycles. The second kappa shape index (κ2) is 6.31. The van der Waals surface area contributed by atoms with Crippen molar-refractivity contribution in [2.24, 2.45) is 0 Å². The van der Waals surface area contributed by atoms with Crippen LogP contribution in [0.15, 0.2) is 30.3 Å². The van der Waals surface area contributed by atoms with Gasteiger partial charge in [0.1, 0.15) is 6.04 Å². The fourth-order valence-corrected chi connectivity index (χ4v) is 2.44. The summed E-state index contributed by atoms with van der Waals surface area (Å²) in [5.41, 5.74) is 0.505. The van der Waals surface area contributed by atoms with Crippen molar-refractivity contribution in [3.63, 3.8) is 0 Å². The Hall–Kier alpha value is -1.91. The van der Waals surface area contributed by atoms with E-state index in [0.29, 0.717) is 5.56 Å².